The highest BCUT2D eigenvalue weighted by molar-refractivity contribution is 9.10. The molecule has 0 aliphatic carbocycles. The van der Waals surface area contributed by atoms with Gasteiger partial charge in [0.05, 0.1) is 14.2 Å². The predicted octanol–water partition coefficient (Wildman–Crippen LogP) is 4.00. The molecule has 2 N–H and O–H groups in total. The summed E-state index contributed by atoms with van der Waals surface area (Å²) in [5, 5.41) is 6.94. The topological polar surface area (TPSA) is 42.5 Å². The number of rotatable bonds is 6. The lowest BCUT2D eigenvalue weighted by Gasteiger charge is -2.14. The van der Waals surface area contributed by atoms with Gasteiger partial charge in [0.25, 0.3) is 0 Å². The van der Waals surface area contributed by atoms with E-state index in [1.165, 1.54) is 0 Å². The molecule has 0 fully saturated rings. The fraction of sp³-hybridized carbons (Fsp3) is 0.235. The average Bonchev–Trinajstić information content (AvgIpc) is 2.54. The zero-order valence-electron chi connectivity index (χ0n) is 13.1. The Morgan fingerprint density at radius 1 is 1.13 bits per heavy atom. The van der Waals surface area contributed by atoms with E-state index in [1.807, 2.05) is 42.5 Å². The molecule has 4 nitrogen and oxygen atoms in total. The molecule has 2 aromatic carbocycles. The Kier molecular flexibility index (Phi) is 6.67. The normalized spacial score (nSPS) is 10.0. The summed E-state index contributed by atoms with van der Waals surface area (Å²) in [7, 11) is 3.28. The standard InChI is InChI=1S/C17H19BrN2O2S/c1-21-15-8-3-5-12(16(15)22-2)9-10-19-17(23)20-14-7-4-6-13(18)11-14/h3-8,11H,9-10H2,1-2H3,(H2,19,20,23). The number of hydrogen-bond acceptors (Lipinski definition) is 3. The quantitative estimate of drug-likeness (QED) is 0.724. The first-order chi connectivity index (χ1) is 11.1. The van der Waals surface area contributed by atoms with Crippen LogP contribution in [0.2, 0.25) is 0 Å². The molecule has 0 spiro atoms. The van der Waals surface area contributed by atoms with Crippen LogP contribution in [-0.4, -0.2) is 25.9 Å². The monoisotopic (exact) mass is 394 g/mol. The summed E-state index contributed by atoms with van der Waals surface area (Å²) in [6.45, 7) is 0.698. The molecule has 0 bridgehead atoms. The highest BCUT2D eigenvalue weighted by Crippen LogP contribution is 2.30. The summed E-state index contributed by atoms with van der Waals surface area (Å²) in [6, 6.07) is 13.7. The molecular weight excluding hydrogens is 376 g/mol. The molecule has 2 rings (SSSR count). The molecule has 0 aromatic heterocycles. The van der Waals surface area contributed by atoms with Gasteiger partial charge in [0, 0.05) is 16.7 Å². The van der Waals surface area contributed by atoms with Crippen molar-refractivity contribution in [3.8, 4) is 11.5 Å². The Labute approximate surface area is 150 Å². The number of para-hydroxylation sites is 1. The smallest absolute Gasteiger partial charge is 0.170 e. The summed E-state index contributed by atoms with van der Waals surface area (Å²) < 4.78 is 11.7. The third kappa shape index (κ3) is 5.11. The van der Waals surface area contributed by atoms with Crippen LogP contribution in [-0.2, 0) is 6.42 Å². The van der Waals surface area contributed by atoms with Gasteiger partial charge < -0.3 is 20.1 Å². The molecule has 0 radical (unpaired) electrons. The number of hydrogen-bond donors (Lipinski definition) is 2. The fourth-order valence-corrected chi connectivity index (χ4v) is 2.82. The average molecular weight is 395 g/mol. The van der Waals surface area contributed by atoms with Gasteiger partial charge >= 0.3 is 0 Å². The van der Waals surface area contributed by atoms with E-state index in [2.05, 4.69) is 26.6 Å². The molecule has 6 heteroatoms. The Bertz CT molecular complexity index is 679. The largest absolute Gasteiger partial charge is 0.493 e. The number of ether oxygens (including phenoxy) is 2. The first-order valence-electron chi connectivity index (χ1n) is 7.14. The van der Waals surface area contributed by atoms with Gasteiger partial charge in [-0.1, -0.05) is 34.1 Å². The molecule has 0 aliphatic rings. The van der Waals surface area contributed by atoms with Gasteiger partial charge in [0.1, 0.15) is 0 Å². The second-order valence-corrected chi connectivity index (χ2v) is 6.12. The van der Waals surface area contributed by atoms with Crippen molar-refractivity contribution in [1.82, 2.24) is 5.32 Å². The third-order valence-corrected chi connectivity index (χ3v) is 3.99. The Morgan fingerprint density at radius 3 is 2.61 bits per heavy atom. The van der Waals surface area contributed by atoms with Crippen LogP contribution in [0.5, 0.6) is 11.5 Å². The number of nitrogens with one attached hydrogen (secondary N) is 2. The van der Waals surface area contributed by atoms with Crippen LogP contribution in [0, 0.1) is 0 Å². The van der Waals surface area contributed by atoms with Crippen molar-refractivity contribution >= 4 is 38.9 Å². The summed E-state index contributed by atoms with van der Waals surface area (Å²) >= 11 is 8.75. The SMILES string of the molecule is COc1cccc(CCNC(=S)Nc2cccc(Br)c2)c1OC. The van der Waals surface area contributed by atoms with E-state index in [0.717, 1.165) is 33.6 Å². The van der Waals surface area contributed by atoms with Crippen molar-refractivity contribution in [2.75, 3.05) is 26.1 Å². The molecule has 122 valence electrons. The second-order valence-electron chi connectivity index (χ2n) is 4.79. The van der Waals surface area contributed by atoms with Gasteiger partial charge in [-0.3, -0.25) is 0 Å². The molecule has 0 aliphatic heterocycles. The number of halogens is 1. The molecule has 0 atom stereocenters. The minimum absolute atomic E-state index is 0.588. The van der Waals surface area contributed by atoms with Crippen LogP contribution in [0.25, 0.3) is 0 Å². The Balaban J connectivity index is 1.88. The first-order valence-corrected chi connectivity index (χ1v) is 8.34. The van der Waals surface area contributed by atoms with Crippen molar-refractivity contribution in [3.63, 3.8) is 0 Å². The summed E-state index contributed by atoms with van der Waals surface area (Å²) in [5.74, 6) is 1.50. The molecule has 0 saturated heterocycles. The van der Waals surface area contributed by atoms with Crippen molar-refractivity contribution in [2.45, 2.75) is 6.42 Å². The van der Waals surface area contributed by atoms with Crippen molar-refractivity contribution in [1.29, 1.82) is 0 Å². The van der Waals surface area contributed by atoms with Crippen molar-refractivity contribution in [3.05, 3.63) is 52.5 Å². The van der Waals surface area contributed by atoms with Crippen LogP contribution >= 0.6 is 28.1 Å². The van der Waals surface area contributed by atoms with Gasteiger partial charge in [-0.15, -0.1) is 0 Å². The molecule has 0 saturated carbocycles. The summed E-state index contributed by atoms with van der Waals surface area (Å²) in [4.78, 5) is 0. The van der Waals surface area contributed by atoms with Crippen molar-refractivity contribution < 1.29 is 9.47 Å². The van der Waals surface area contributed by atoms with E-state index < -0.39 is 0 Å². The van der Waals surface area contributed by atoms with Gasteiger partial charge in [-0.05, 0) is 48.5 Å². The van der Waals surface area contributed by atoms with Crippen molar-refractivity contribution in [2.24, 2.45) is 0 Å². The molecule has 0 unspecified atom stereocenters. The highest BCUT2D eigenvalue weighted by Gasteiger charge is 2.09. The van der Waals surface area contributed by atoms with Crippen LogP contribution in [0.3, 0.4) is 0 Å². The lowest BCUT2D eigenvalue weighted by atomic mass is 10.1. The van der Waals surface area contributed by atoms with Crippen LogP contribution in [0.1, 0.15) is 5.56 Å². The van der Waals surface area contributed by atoms with Gasteiger partial charge in [0.2, 0.25) is 0 Å². The molecule has 0 heterocycles. The number of benzene rings is 2. The first kappa shape index (κ1) is 17.6. The maximum absolute atomic E-state index is 5.43. The minimum Gasteiger partial charge on any atom is -0.493 e. The summed E-state index contributed by atoms with van der Waals surface area (Å²) in [5.41, 5.74) is 2.01. The number of anilines is 1. The van der Waals surface area contributed by atoms with Gasteiger partial charge in [0.15, 0.2) is 16.6 Å². The fourth-order valence-electron chi connectivity index (χ4n) is 2.20. The van der Waals surface area contributed by atoms with Gasteiger partial charge in [-0.25, -0.2) is 0 Å². The number of thiocarbonyl (C=S) groups is 1. The highest BCUT2D eigenvalue weighted by atomic mass is 79.9. The lowest BCUT2D eigenvalue weighted by Crippen LogP contribution is -2.30. The molecule has 2 aromatic rings. The third-order valence-electron chi connectivity index (χ3n) is 3.25. The second kappa shape index (κ2) is 8.74. The van der Waals surface area contributed by atoms with E-state index >= 15 is 0 Å². The maximum Gasteiger partial charge on any atom is 0.170 e. The number of methoxy groups -OCH3 is 2. The van der Waals surface area contributed by atoms with E-state index in [-0.39, 0.29) is 0 Å². The lowest BCUT2D eigenvalue weighted by molar-refractivity contribution is 0.351. The molecule has 0 amide bonds. The Hall–Kier alpha value is -1.79. The Morgan fingerprint density at radius 2 is 1.91 bits per heavy atom. The van der Waals surface area contributed by atoms with Crippen LogP contribution < -0.4 is 20.1 Å². The minimum atomic E-state index is 0.588. The van der Waals surface area contributed by atoms with E-state index in [4.69, 9.17) is 21.7 Å². The predicted molar refractivity (Wildman–Crippen MR) is 102 cm³/mol. The van der Waals surface area contributed by atoms with E-state index in [0.29, 0.717) is 11.7 Å². The van der Waals surface area contributed by atoms with E-state index in [9.17, 15) is 0 Å². The maximum atomic E-state index is 5.43. The molecule has 23 heavy (non-hydrogen) atoms. The van der Waals surface area contributed by atoms with Crippen LogP contribution in [0.15, 0.2) is 46.9 Å². The van der Waals surface area contributed by atoms with Crippen LogP contribution in [0.4, 0.5) is 5.69 Å². The van der Waals surface area contributed by atoms with Gasteiger partial charge in [-0.2, -0.15) is 0 Å². The zero-order valence-corrected chi connectivity index (χ0v) is 15.5. The van der Waals surface area contributed by atoms with E-state index in [1.54, 1.807) is 14.2 Å². The summed E-state index contributed by atoms with van der Waals surface area (Å²) in [6.07, 6.45) is 0.778. The zero-order chi connectivity index (χ0) is 16.7. The molecular formula is C17H19BrN2O2S.